The molecule has 0 amide bonds. The molecule has 3 nitrogen and oxygen atoms in total. The second kappa shape index (κ2) is 4.18. The van der Waals surface area contributed by atoms with Crippen molar-refractivity contribution in [2.24, 2.45) is 5.92 Å². The third kappa shape index (κ3) is 1.67. The Labute approximate surface area is 95.3 Å². The third-order valence-electron chi connectivity index (χ3n) is 2.99. The van der Waals surface area contributed by atoms with E-state index in [1.54, 1.807) is 14.2 Å². The van der Waals surface area contributed by atoms with E-state index in [2.05, 4.69) is 0 Å². The van der Waals surface area contributed by atoms with Crippen LogP contribution in [0.4, 0.5) is 0 Å². The molecule has 0 bridgehead atoms. The van der Waals surface area contributed by atoms with E-state index in [1.807, 2.05) is 31.2 Å². The Bertz CT molecular complexity index is 423. The van der Waals surface area contributed by atoms with E-state index in [4.69, 9.17) is 9.47 Å². The smallest absolute Gasteiger partial charge is 0.161 e. The number of hydrogen-bond acceptors (Lipinski definition) is 3. The highest BCUT2D eigenvalue weighted by Gasteiger charge is 2.22. The van der Waals surface area contributed by atoms with Gasteiger partial charge in [-0.2, -0.15) is 0 Å². The van der Waals surface area contributed by atoms with Gasteiger partial charge < -0.3 is 14.6 Å². The molecule has 86 valence electrons. The molecule has 0 aromatic heterocycles. The zero-order valence-corrected chi connectivity index (χ0v) is 9.73. The maximum absolute atomic E-state index is 10.1. The lowest BCUT2D eigenvalue weighted by molar-refractivity contribution is 0.137. The first-order valence-corrected chi connectivity index (χ1v) is 5.29. The van der Waals surface area contributed by atoms with Crippen molar-refractivity contribution in [2.45, 2.75) is 13.0 Å². The van der Waals surface area contributed by atoms with Crippen molar-refractivity contribution in [2.75, 3.05) is 14.2 Å². The van der Waals surface area contributed by atoms with Crippen LogP contribution >= 0.6 is 0 Å². The summed E-state index contributed by atoms with van der Waals surface area (Å²) in [5, 5.41) is 10.1. The van der Waals surface area contributed by atoms with E-state index in [0.717, 1.165) is 11.1 Å². The number of methoxy groups -OCH3 is 2. The number of benzene rings is 1. The highest BCUT2D eigenvalue weighted by Crippen LogP contribution is 2.38. The highest BCUT2D eigenvalue weighted by molar-refractivity contribution is 5.63. The summed E-state index contributed by atoms with van der Waals surface area (Å²) in [4.78, 5) is 0. The Hall–Kier alpha value is -1.48. The van der Waals surface area contributed by atoms with E-state index < -0.39 is 6.10 Å². The van der Waals surface area contributed by atoms with Gasteiger partial charge >= 0.3 is 0 Å². The summed E-state index contributed by atoms with van der Waals surface area (Å²) in [5.41, 5.74) is 1.89. The van der Waals surface area contributed by atoms with Crippen molar-refractivity contribution in [3.8, 4) is 11.5 Å². The molecule has 0 fully saturated rings. The van der Waals surface area contributed by atoms with Crippen LogP contribution in [0, 0.1) is 5.92 Å². The molecule has 2 atom stereocenters. The molecule has 1 aliphatic carbocycles. The van der Waals surface area contributed by atoms with Crippen molar-refractivity contribution < 1.29 is 14.6 Å². The number of hydrogen-bond donors (Lipinski definition) is 1. The molecule has 1 aromatic carbocycles. The van der Waals surface area contributed by atoms with Gasteiger partial charge in [0.05, 0.1) is 20.3 Å². The summed E-state index contributed by atoms with van der Waals surface area (Å²) < 4.78 is 10.4. The van der Waals surface area contributed by atoms with Crippen LogP contribution in [0.3, 0.4) is 0 Å². The first-order valence-electron chi connectivity index (χ1n) is 5.29. The van der Waals surface area contributed by atoms with Crippen molar-refractivity contribution in [3.63, 3.8) is 0 Å². The number of ether oxygens (including phenoxy) is 2. The minimum atomic E-state index is -0.472. The molecule has 1 aromatic rings. The van der Waals surface area contributed by atoms with Gasteiger partial charge in [0.25, 0.3) is 0 Å². The van der Waals surface area contributed by atoms with Gasteiger partial charge in [-0.25, -0.2) is 0 Å². The molecule has 0 saturated heterocycles. The fraction of sp³-hybridized carbons (Fsp3) is 0.385. The molecule has 16 heavy (non-hydrogen) atoms. The molecule has 0 radical (unpaired) electrons. The Morgan fingerprint density at radius 1 is 1.12 bits per heavy atom. The van der Waals surface area contributed by atoms with Crippen LogP contribution in [0.1, 0.15) is 24.2 Å². The van der Waals surface area contributed by atoms with Crippen LogP contribution in [0.15, 0.2) is 18.2 Å². The average molecular weight is 220 g/mol. The van der Waals surface area contributed by atoms with Gasteiger partial charge in [-0.15, -0.1) is 0 Å². The lowest BCUT2D eigenvalue weighted by Gasteiger charge is -2.24. The van der Waals surface area contributed by atoms with Gasteiger partial charge in [0.15, 0.2) is 11.5 Å². The number of aliphatic hydroxyl groups excluding tert-OH is 1. The van der Waals surface area contributed by atoms with Gasteiger partial charge in [-0.05, 0) is 23.3 Å². The van der Waals surface area contributed by atoms with Crippen LogP contribution in [-0.4, -0.2) is 19.3 Å². The molecule has 1 N–H and O–H groups in total. The summed E-state index contributed by atoms with van der Waals surface area (Å²) in [7, 11) is 3.20. The zero-order valence-electron chi connectivity index (χ0n) is 9.73. The molecule has 0 heterocycles. The fourth-order valence-corrected chi connectivity index (χ4v) is 1.95. The maximum Gasteiger partial charge on any atom is 0.161 e. The summed E-state index contributed by atoms with van der Waals surface area (Å²) in [5.74, 6) is 1.47. The molecule has 1 aliphatic rings. The second-order valence-corrected chi connectivity index (χ2v) is 4.00. The minimum Gasteiger partial charge on any atom is -0.493 e. The van der Waals surface area contributed by atoms with Gasteiger partial charge in [-0.3, -0.25) is 0 Å². The Balaban J connectivity index is 2.54. The second-order valence-electron chi connectivity index (χ2n) is 4.00. The lowest BCUT2D eigenvalue weighted by atomic mass is 9.87. The molecule has 0 saturated carbocycles. The molecule has 2 rings (SSSR count). The predicted octanol–water partition coefficient (Wildman–Crippen LogP) is 2.40. The van der Waals surface area contributed by atoms with E-state index >= 15 is 0 Å². The van der Waals surface area contributed by atoms with Gasteiger partial charge in [0, 0.05) is 5.92 Å². The number of aliphatic hydroxyl groups is 1. The fourth-order valence-electron chi connectivity index (χ4n) is 1.95. The molecule has 3 heteroatoms. The van der Waals surface area contributed by atoms with E-state index in [-0.39, 0.29) is 5.92 Å². The highest BCUT2D eigenvalue weighted by atomic mass is 16.5. The summed E-state index contributed by atoms with van der Waals surface area (Å²) in [6.45, 7) is 1.99. The van der Waals surface area contributed by atoms with Crippen LogP contribution in [-0.2, 0) is 0 Å². The van der Waals surface area contributed by atoms with Crippen molar-refractivity contribution in [1.29, 1.82) is 0 Å². The Morgan fingerprint density at radius 2 is 1.75 bits per heavy atom. The summed E-state index contributed by atoms with van der Waals surface area (Å²) in [6.07, 6.45) is 3.54. The zero-order chi connectivity index (χ0) is 11.7. The first-order chi connectivity index (χ1) is 7.67. The van der Waals surface area contributed by atoms with Crippen LogP contribution in [0.25, 0.3) is 6.08 Å². The maximum atomic E-state index is 10.1. The Kier molecular flexibility index (Phi) is 2.88. The standard InChI is InChI=1S/C13H16O3/c1-8-4-5-9-6-11(15-2)12(16-3)7-10(9)13(8)14/h4-8,13-14H,1-3H3/t8-,13+/m1/s1. The van der Waals surface area contributed by atoms with Crippen LogP contribution < -0.4 is 9.47 Å². The van der Waals surface area contributed by atoms with Crippen LogP contribution in [0.5, 0.6) is 11.5 Å². The lowest BCUT2D eigenvalue weighted by Crippen LogP contribution is -2.12. The van der Waals surface area contributed by atoms with Gasteiger partial charge in [0.2, 0.25) is 0 Å². The molecular formula is C13H16O3. The quantitative estimate of drug-likeness (QED) is 0.831. The van der Waals surface area contributed by atoms with Crippen molar-refractivity contribution >= 4 is 6.08 Å². The summed E-state index contributed by atoms with van der Waals surface area (Å²) in [6, 6.07) is 3.73. The normalized spacial score (nSPS) is 22.8. The minimum absolute atomic E-state index is 0.130. The molecular weight excluding hydrogens is 204 g/mol. The van der Waals surface area contributed by atoms with Gasteiger partial charge in [0.1, 0.15) is 0 Å². The van der Waals surface area contributed by atoms with Crippen molar-refractivity contribution in [1.82, 2.24) is 0 Å². The third-order valence-corrected chi connectivity index (χ3v) is 2.99. The number of fused-ring (bicyclic) bond motifs is 1. The Morgan fingerprint density at radius 3 is 2.38 bits per heavy atom. The molecule has 0 unspecified atom stereocenters. The molecule has 0 aliphatic heterocycles. The summed E-state index contributed by atoms with van der Waals surface area (Å²) >= 11 is 0. The van der Waals surface area contributed by atoms with E-state index in [0.29, 0.717) is 11.5 Å². The molecule has 0 spiro atoms. The van der Waals surface area contributed by atoms with E-state index in [1.165, 1.54) is 0 Å². The van der Waals surface area contributed by atoms with Crippen LogP contribution in [0.2, 0.25) is 0 Å². The SMILES string of the molecule is COc1cc2c(cc1OC)[C@@H](O)[C@H](C)C=C2. The van der Waals surface area contributed by atoms with E-state index in [9.17, 15) is 5.11 Å². The monoisotopic (exact) mass is 220 g/mol. The van der Waals surface area contributed by atoms with Crippen molar-refractivity contribution in [3.05, 3.63) is 29.3 Å². The first kappa shape index (κ1) is 11.0. The largest absolute Gasteiger partial charge is 0.493 e. The predicted molar refractivity (Wildman–Crippen MR) is 62.7 cm³/mol. The topological polar surface area (TPSA) is 38.7 Å². The average Bonchev–Trinajstić information content (AvgIpc) is 2.32. The van der Waals surface area contributed by atoms with Gasteiger partial charge in [-0.1, -0.05) is 19.1 Å². The number of rotatable bonds is 2.